The molecule has 0 N–H and O–H groups in total. The van der Waals surface area contributed by atoms with E-state index < -0.39 is 0 Å². The number of unbranched alkanes of at least 4 members (excludes halogenated alkanes) is 1. The highest BCUT2D eigenvalue weighted by Gasteiger charge is 2.34. The number of ether oxygens (including phenoxy) is 1. The van der Waals surface area contributed by atoms with Gasteiger partial charge in [0.05, 0.1) is 0 Å². The van der Waals surface area contributed by atoms with Crippen molar-refractivity contribution in [3.63, 3.8) is 0 Å². The van der Waals surface area contributed by atoms with E-state index in [0.29, 0.717) is 6.47 Å². The predicted octanol–water partition coefficient (Wildman–Crippen LogP) is 4.53. The molecule has 1 aliphatic carbocycles. The van der Waals surface area contributed by atoms with Crippen LogP contribution in [0.15, 0.2) is 48.5 Å². The molecule has 0 amide bonds. The van der Waals surface area contributed by atoms with Gasteiger partial charge in [-0.05, 0) is 28.7 Å². The number of hydrogen-bond donors (Lipinski definition) is 0. The molecule has 2 nitrogen and oxygen atoms in total. The molecule has 2 aromatic rings. The van der Waals surface area contributed by atoms with Crippen molar-refractivity contribution in [1.82, 2.24) is 0 Å². The Bertz CT molecular complexity index is 587. The first-order valence-corrected chi connectivity index (χ1v) is 7.64. The fourth-order valence-electron chi connectivity index (χ4n) is 3.38. The summed E-state index contributed by atoms with van der Waals surface area (Å²) in [6, 6.07) is 16.9. The summed E-state index contributed by atoms with van der Waals surface area (Å²) in [5.41, 5.74) is 5.10. The zero-order valence-electron chi connectivity index (χ0n) is 12.3. The first-order chi connectivity index (χ1) is 10.4. The minimum Gasteiger partial charge on any atom is -0.464 e. The van der Waals surface area contributed by atoms with Crippen LogP contribution in [0.3, 0.4) is 0 Å². The normalized spacial score (nSPS) is 14.3. The molecule has 0 aliphatic heterocycles. The summed E-state index contributed by atoms with van der Waals surface area (Å²) in [4.78, 5) is 10.9. The first-order valence-electron chi connectivity index (χ1n) is 7.64. The average molecular weight is 280 g/mol. The fraction of sp³-hybridized carbons (Fsp3) is 0.316. The molecule has 1 aliphatic rings. The Labute approximate surface area is 125 Å². The van der Waals surface area contributed by atoms with Gasteiger partial charge in [0.1, 0.15) is 6.10 Å². The van der Waals surface area contributed by atoms with Crippen LogP contribution in [0.2, 0.25) is 0 Å². The second-order valence-electron chi connectivity index (χ2n) is 5.57. The Morgan fingerprint density at radius 3 is 2.14 bits per heavy atom. The lowest BCUT2D eigenvalue weighted by Gasteiger charge is -2.24. The third-order valence-electron chi connectivity index (χ3n) is 4.33. The van der Waals surface area contributed by atoms with Crippen LogP contribution in [0.25, 0.3) is 11.1 Å². The lowest BCUT2D eigenvalue weighted by molar-refractivity contribution is -0.134. The third kappa shape index (κ3) is 2.46. The monoisotopic (exact) mass is 280 g/mol. The molecule has 0 heterocycles. The highest BCUT2D eigenvalue weighted by Crippen LogP contribution is 2.47. The van der Waals surface area contributed by atoms with Gasteiger partial charge in [0.25, 0.3) is 6.47 Å². The van der Waals surface area contributed by atoms with Crippen molar-refractivity contribution >= 4 is 6.47 Å². The molecule has 3 rings (SSSR count). The molecule has 1 unspecified atom stereocenters. The molecule has 0 bridgehead atoms. The smallest absolute Gasteiger partial charge is 0.293 e. The van der Waals surface area contributed by atoms with Gasteiger partial charge < -0.3 is 4.74 Å². The maximum atomic E-state index is 10.9. The Balaban J connectivity index is 2.06. The van der Waals surface area contributed by atoms with Crippen LogP contribution < -0.4 is 0 Å². The Kier molecular flexibility index (Phi) is 4.05. The standard InChI is InChI=1S/C19H20O2/c1-2-3-12-18(21-13-20)19-16-10-6-4-8-14(16)15-9-5-7-11-17(15)19/h4-11,13,18-19H,2-3,12H2,1H3. The molecule has 2 aromatic carbocycles. The van der Waals surface area contributed by atoms with Crippen LogP contribution >= 0.6 is 0 Å². The predicted molar refractivity (Wildman–Crippen MR) is 84.2 cm³/mol. The van der Waals surface area contributed by atoms with Crippen LogP contribution in [0.4, 0.5) is 0 Å². The van der Waals surface area contributed by atoms with Gasteiger partial charge in [-0.15, -0.1) is 0 Å². The van der Waals surface area contributed by atoms with Gasteiger partial charge >= 0.3 is 0 Å². The van der Waals surface area contributed by atoms with E-state index in [1.54, 1.807) is 0 Å². The SMILES string of the molecule is CCCCC(OC=O)C1c2ccccc2-c2ccccc21. The van der Waals surface area contributed by atoms with E-state index in [9.17, 15) is 4.79 Å². The summed E-state index contributed by atoms with van der Waals surface area (Å²) in [6.45, 7) is 2.76. The first kappa shape index (κ1) is 13.9. The lowest BCUT2D eigenvalue weighted by atomic mass is 9.88. The van der Waals surface area contributed by atoms with Crippen molar-refractivity contribution in [3.8, 4) is 11.1 Å². The average Bonchev–Trinajstić information content (AvgIpc) is 2.86. The highest BCUT2D eigenvalue weighted by molar-refractivity contribution is 5.79. The second-order valence-corrected chi connectivity index (χ2v) is 5.57. The second kappa shape index (κ2) is 6.13. The summed E-state index contributed by atoms with van der Waals surface area (Å²) in [5, 5.41) is 0. The Morgan fingerprint density at radius 2 is 1.62 bits per heavy atom. The van der Waals surface area contributed by atoms with Gasteiger partial charge in [-0.25, -0.2) is 0 Å². The van der Waals surface area contributed by atoms with Gasteiger partial charge in [0.2, 0.25) is 0 Å². The van der Waals surface area contributed by atoms with Crippen LogP contribution in [0.1, 0.15) is 43.2 Å². The van der Waals surface area contributed by atoms with Gasteiger partial charge in [-0.3, -0.25) is 4.79 Å². The van der Waals surface area contributed by atoms with E-state index in [1.807, 2.05) is 0 Å². The van der Waals surface area contributed by atoms with Crippen molar-refractivity contribution < 1.29 is 9.53 Å². The highest BCUT2D eigenvalue weighted by atomic mass is 16.5. The molecule has 0 saturated carbocycles. The summed E-state index contributed by atoms with van der Waals surface area (Å²) in [5.74, 6) is 0.161. The number of carbonyl (C=O) groups is 1. The van der Waals surface area contributed by atoms with Gasteiger partial charge in [-0.2, -0.15) is 0 Å². The van der Waals surface area contributed by atoms with Crippen molar-refractivity contribution in [2.75, 3.05) is 0 Å². The molecule has 21 heavy (non-hydrogen) atoms. The van der Waals surface area contributed by atoms with E-state index in [4.69, 9.17) is 4.74 Å². The summed E-state index contributed by atoms with van der Waals surface area (Å²) >= 11 is 0. The molecule has 2 heteroatoms. The largest absolute Gasteiger partial charge is 0.464 e. The topological polar surface area (TPSA) is 26.3 Å². The molecule has 0 radical (unpaired) electrons. The molecular formula is C19H20O2. The number of fused-ring (bicyclic) bond motifs is 3. The lowest BCUT2D eigenvalue weighted by Crippen LogP contribution is -2.21. The van der Waals surface area contributed by atoms with Gasteiger partial charge in [-0.1, -0.05) is 68.3 Å². The number of rotatable bonds is 6. The van der Waals surface area contributed by atoms with Gasteiger partial charge in [0, 0.05) is 5.92 Å². The van der Waals surface area contributed by atoms with Crippen LogP contribution in [0, 0.1) is 0 Å². The maximum Gasteiger partial charge on any atom is 0.293 e. The van der Waals surface area contributed by atoms with E-state index in [-0.39, 0.29) is 12.0 Å². The molecule has 0 aromatic heterocycles. The van der Waals surface area contributed by atoms with E-state index in [0.717, 1.165) is 19.3 Å². The summed E-state index contributed by atoms with van der Waals surface area (Å²) < 4.78 is 5.46. The summed E-state index contributed by atoms with van der Waals surface area (Å²) in [6.07, 6.45) is 3.00. The van der Waals surface area contributed by atoms with E-state index >= 15 is 0 Å². The van der Waals surface area contributed by atoms with Crippen LogP contribution in [-0.4, -0.2) is 12.6 Å². The number of carbonyl (C=O) groups excluding carboxylic acids is 1. The minimum absolute atomic E-state index is 0.0766. The van der Waals surface area contributed by atoms with Crippen molar-refractivity contribution in [2.24, 2.45) is 0 Å². The molecule has 1 atom stereocenters. The minimum atomic E-state index is -0.0766. The van der Waals surface area contributed by atoms with Crippen molar-refractivity contribution in [3.05, 3.63) is 59.7 Å². The number of benzene rings is 2. The third-order valence-corrected chi connectivity index (χ3v) is 4.33. The Hall–Kier alpha value is -2.09. The number of hydrogen-bond acceptors (Lipinski definition) is 2. The van der Waals surface area contributed by atoms with Crippen LogP contribution in [0.5, 0.6) is 0 Å². The fourth-order valence-corrected chi connectivity index (χ4v) is 3.38. The van der Waals surface area contributed by atoms with Crippen molar-refractivity contribution in [1.29, 1.82) is 0 Å². The Morgan fingerprint density at radius 1 is 1.05 bits per heavy atom. The summed E-state index contributed by atoms with van der Waals surface area (Å²) in [7, 11) is 0. The zero-order chi connectivity index (χ0) is 14.7. The van der Waals surface area contributed by atoms with E-state index in [1.165, 1.54) is 22.3 Å². The maximum absolute atomic E-state index is 10.9. The molecule has 0 saturated heterocycles. The molecule has 108 valence electrons. The van der Waals surface area contributed by atoms with E-state index in [2.05, 4.69) is 55.5 Å². The van der Waals surface area contributed by atoms with Gasteiger partial charge in [0.15, 0.2) is 0 Å². The zero-order valence-corrected chi connectivity index (χ0v) is 12.3. The molecular weight excluding hydrogens is 260 g/mol. The van der Waals surface area contributed by atoms with Crippen LogP contribution in [-0.2, 0) is 9.53 Å². The van der Waals surface area contributed by atoms with Crippen molar-refractivity contribution in [2.45, 2.75) is 38.2 Å². The molecule has 0 spiro atoms. The quantitative estimate of drug-likeness (QED) is 0.727. The molecule has 0 fully saturated rings.